The average molecular weight is 411 g/mol. The number of unbranched alkanes of at least 4 members (excludes halogenated alkanes) is 7. The van der Waals surface area contributed by atoms with Crippen molar-refractivity contribution in [2.75, 3.05) is 6.61 Å². The van der Waals surface area contributed by atoms with Gasteiger partial charge in [-0.3, -0.25) is 4.79 Å². The molecule has 0 aromatic rings. The predicted molar refractivity (Wildman–Crippen MR) is 113 cm³/mol. The van der Waals surface area contributed by atoms with Crippen LogP contribution in [0.2, 0.25) is 0 Å². The van der Waals surface area contributed by atoms with E-state index in [1.54, 1.807) is 0 Å². The zero-order valence-corrected chi connectivity index (χ0v) is 18.6. The first-order valence-corrected chi connectivity index (χ1v) is 12.3. The summed E-state index contributed by atoms with van der Waals surface area (Å²) in [5, 5.41) is 0. The van der Waals surface area contributed by atoms with Crippen LogP contribution in [0.25, 0.3) is 0 Å². The van der Waals surface area contributed by atoms with E-state index in [1.165, 1.54) is 44.9 Å². The molecule has 0 aromatic heterocycles. The number of ether oxygens (including phenoxy) is 4. The van der Waals surface area contributed by atoms with Crippen LogP contribution in [0.5, 0.6) is 0 Å². The van der Waals surface area contributed by atoms with E-state index < -0.39 is 0 Å². The van der Waals surface area contributed by atoms with Gasteiger partial charge in [0.15, 0.2) is 0 Å². The molecule has 6 unspecified atom stereocenters. The van der Waals surface area contributed by atoms with Crippen LogP contribution in [-0.2, 0) is 23.7 Å². The van der Waals surface area contributed by atoms with Crippen molar-refractivity contribution >= 4 is 5.97 Å². The Bertz CT molecular complexity index is 482. The maximum absolute atomic E-state index is 11.7. The third kappa shape index (κ3) is 8.94. The number of hydrogen-bond acceptors (Lipinski definition) is 5. The lowest BCUT2D eigenvalue weighted by molar-refractivity contribution is -0.143. The Morgan fingerprint density at radius 1 is 0.690 bits per heavy atom. The van der Waals surface area contributed by atoms with Gasteiger partial charge in [0.05, 0.1) is 43.2 Å². The molecule has 0 spiro atoms. The molecule has 168 valence electrons. The minimum Gasteiger partial charge on any atom is -0.466 e. The maximum atomic E-state index is 11.7. The van der Waals surface area contributed by atoms with Gasteiger partial charge in [0, 0.05) is 19.3 Å². The van der Waals surface area contributed by atoms with Crippen LogP contribution in [-0.4, -0.2) is 49.2 Å². The van der Waals surface area contributed by atoms with Gasteiger partial charge in [0.2, 0.25) is 0 Å². The third-order valence-corrected chi connectivity index (χ3v) is 6.53. The lowest BCUT2D eigenvalue weighted by Gasteiger charge is -2.04. The summed E-state index contributed by atoms with van der Waals surface area (Å²) in [5.74, 6) is -0.0187. The highest BCUT2D eigenvalue weighted by molar-refractivity contribution is 5.69. The highest BCUT2D eigenvalue weighted by Crippen LogP contribution is 2.41. The fraction of sp³-hybridized carbons (Fsp3) is 0.958. The van der Waals surface area contributed by atoms with E-state index >= 15 is 0 Å². The van der Waals surface area contributed by atoms with E-state index in [0.717, 1.165) is 38.5 Å². The van der Waals surface area contributed by atoms with Gasteiger partial charge in [0.25, 0.3) is 0 Å². The third-order valence-electron chi connectivity index (χ3n) is 6.53. The van der Waals surface area contributed by atoms with Crippen molar-refractivity contribution in [3.8, 4) is 0 Å². The van der Waals surface area contributed by atoms with Crippen molar-refractivity contribution in [3.05, 3.63) is 0 Å². The largest absolute Gasteiger partial charge is 0.466 e. The second-order valence-electron chi connectivity index (χ2n) is 9.11. The smallest absolute Gasteiger partial charge is 0.305 e. The number of carbonyl (C=O) groups is 1. The first-order valence-electron chi connectivity index (χ1n) is 12.3. The lowest BCUT2D eigenvalue weighted by atomic mass is 10.0. The topological polar surface area (TPSA) is 63.9 Å². The lowest BCUT2D eigenvalue weighted by Crippen LogP contribution is -2.05. The summed E-state index contributed by atoms with van der Waals surface area (Å²) in [4.78, 5) is 11.7. The molecule has 0 aromatic carbocycles. The SMILES string of the molecule is CCCCCCOC(=O)CCCCCCCC1OC1CC1OC1CC1OC1CC. The number of rotatable bonds is 18. The van der Waals surface area contributed by atoms with Crippen molar-refractivity contribution in [2.24, 2.45) is 0 Å². The van der Waals surface area contributed by atoms with E-state index in [2.05, 4.69) is 13.8 Å². The Balaban J connectivity index is 1.06. The van der Waals surface area contributed by atoms with Gasteiger partial charge in [-0.05, 0) is 25.7 Å². The molecule has 0 amide bonds. The normalized spacial score (nSPS) is 32.2. The van der Waals surface area contributed by atoms with Crippen molar-refractivity contribution in [1.29, 1.82) is 0 Å². The fourth-order valence-corrected chi connectivity index (χ4v) is 4.37. The molecule has 3 rings (SSSR count). The Labute approximate surface area is 177 Å². The molecule has 29 heavy (non-hydrogen) atoms. The minimum absolute atomic E-state index is 0.0187. The highest BCUT2D eigenvalue weighted by Gasteiger charge is 2.51. The summed E-state index contributed by atoms with van der Waals surface area (Å²) < 4.78 is 22.5. The molecule has 0 bridgehead atoms. The zero-order valence-electron chi connectivity index (χ0n) is 18.6. The predicted octanol–water partition coefficient (Wildman–Crippen LogP) is 5.33. The van der Waals surface area contributed by atoms with Gasteiger partial charge in [-0.25, -0.2) is 0 Å². The molecular weight excluding hydrogens is 368 g/mol. The van der Waals surface area contributed by atoms with Gasteiger partial charge in [-0.1, -0.05) is 58.8 Å². The first-order chi connectivity index (χ1) is 14.2. The molecule has 3 heterocycles. The molecule has 0 N–H and O–H groups in total. The minimum atomic E-state index is -0.0187. The van der Waals surface area contributed by atoms with Gasteiger partial charge >= 0.3 is 5.97 Å². The van der Waals surface area contributed by atoms with Crippen LogP contribution in [0.1, 0.15) is 104 Å². The number of carbonyl (C=O) groups excluding carboxylic acids is 1. The Morgan fingerprint density at radius 3 is 2.00 bits per heavy atom. The van der Waals surface area contributed by atoms with Gasteiger partial charge < -0.3 is 18.9 Å². The van der Waals surface area contributed by atoms with Crippen molar-refractivity contribution < 1.29 is 23.7 Å². The van der Waals surface area contributed by atoms with Crippen molar-refractivity contribution in [3.63, 3.8) is 0 Å². The maximum Gasteiger partial charge on any atom is 0.305 e. The van der Waals surface area contributed by atoms with Crippen LogP contribution in [0.3, 0.4) is 0 Å². The van der Waals surface area contributed by atoms with Crippen LogP contribution < -0.4 is 0 Å². The molecule has 0 aliphatic carbocycles. The summed E-state index contributed by atoms with van der Waals surface area (Å²) in [6.45, 7) is 4.97. The van der Waals surface area contributed by atoms with Gasteiger partial charge in [-0.15, -0.1) is 0 Å². The summed E-state index contributed by atoms with van der Waals surface area (Å²) in [6, 6.07) is 0. The zero-order chi connectivity index (χ0) is 20.5. The van der Waals surface area contributed by atoms with E-state index in [4.69, 9.17) is 18.9 Å². The van der Waals surface area contributed by atoms with Crippen LogP contribution in [0.4, 0.5) is 0 Å². The fourth-order valence-electron chi connectivity index (χ4n) is 4.37. The summed E-state index contributed by atoms with van der Waals surface area (Å²) in [5.41, 5.74) is 0. The molecule has 3 aliphatic rings. The highest BCUT2D eigenvalue weighted by atomic mass is 16.6. The standard InChI is InChI=1S/C24H42O5/c1-3-5-6-12-15-26-24(25)14-11-9-7-8-10-13-19-21(28-19)17-23-22(29-23)16-20-18(4-2)27-20/h18-23H,3-17H2,1-2H3. The second-order valence-corrected chi connectivity index (χ2v) is 9.11. The molecule has 3 saturated heterocycles. The summed E-state index contributed by atoms with van der Waals surface area (Å²) in [7, 11) is 0. The molecule has 6 atom stereocenters. The quantitative estimate of drug-likeness (QED) is 0.173. The van der Waals surface area contributed by atoms with Crippen molar-refractivity contribution in [2.45, 2.75) is 140 Å². The molecule has 5 heteroatoms. The molecule has 3 fully saturated rings. The number of epoxide rings is 3. The van der Waals surface area contributed by atoms with Gasteiger partial charge in [-0.2, -0.15) is 0 Å². The molecule has 5 nitrogen and oxygen atoms in total. The Kier molecular flexibility index (Phi) is 9.74. The van der Waals surface area contributed by atoms with Crippen molar-refractivity contribution in [1.82, 2.24) is 0 Å². The molecule has 0 saturated carbocycles. The van der Waals surface area contributed by atoms with E-state index in [1.807, 2.05) is 0 Å². The van der Waals surface area contributed by atoms with E-state index in [-0.39, 0.29) is 5.97 Å². The monoisotopic (exact) mass is 410 g/mol. The number of hydrogen-bond donors (Lipinski definition) is 0. The Morgan fingerprint density at radius 2 is 1.28 bits per heavy atom. The summed E-state index contributed by atoms with van der Waals surface area (Å²) >= 11 is 0. The van der Waals surface area contributed by atoms with Gasteiger partial charge in [0.1, 0.15) is 0 Å². The molecule has 3 aliphatic heterocycles. The van der Waals surface area contributed by atoms with Crippen LogP contribution >= 0.6 is 0 Å². The average Bonchev–Trinajstić information content (AvgIpc) is 3.62. The molecular formula is C24H42O5. The van der Waals surface area contributed by atoms with E-state index in [9.17, 15) is 4.79 Å². The number of esters is 1. The second kappa shape index (κ2) is 12.3. The van der Waals surface area contributed by atoms with Crippen LogP contribution in [0.15, 0.2) is 0 Å². The Hall–Kier alpha value is -0.650. The van der Waals surface area contributed by atoms with E-state index in [0.29, 0.717) is 49.7 Å². The first kappa shape index (κ1) is 23.0. The molecule has 0 radical (unpaired) electrons. The summed E-state index contributed by atoms with van der Waals surface area (Å²) in [6.07, 6.45) is 18.1. The van der Waals surface area contributed by atoms with Crippen LogP contribution in [0, 0.1) is 0 Å².